The van der Waals surface area contributed by atoms with E-state index in [0.717, 1.165) is 10.7 Å². The predicted octanol–water partition coefficient (Wildman–Crippen LogP) is -0.0878. The highest BCUT2D eigenvalue weighted by atomic mass is 32.1. The number of hydrogen-bond acceptors (Lipinski definition) is 5. The molecule has 0 saturated heterocycles. The number of rotatable bonds is 6. The van der Waals surface area contributed by atoms with Gasteiger partial charge in [0.15, 0.2) is 0 Å². The van der Waals surface area contributed by atoms with E-state index in [1.807, 2.05) is 12.3 Å². The quantitative estimate of drug-likeness (QED) is 0.660. The Morgan fingerprint density at radius 2 is 2.35 bits per heavy atom. The van der Waals surface area contributed by atoms with Crippen LogP contribution in [0, 0.1) is 6.92 Å². The number of aromatic nitrogens is 1. The summed E-state index contributed by atoms with van der Waals surface area (Å²) >= 11 is 1.55. The number of aliphatic carboxylic acids is 1. The molecule has 94 valence electrons. The van der Waals surface area contributed by atoms with Gasteiger partial charge < -0.3 is 16.2 Å². The Morgan fingerprint density at radius 3 is 2.88 bits per heavy atom. The Morgan fingerprint density at radius 1 is 1.65 bits per heavy atom. The van der Waals surface area contributed by atoms with E-state index in [1.54, 1.807) is 11.3 Å². The van der Waals surface area contributed by atoms with Gasteiger partial charge in [0.1, 0.15) is 0 Å². The molecule has 4 N–H and O–H groups in total. The SMILES string of the molecule is Cc1nc(CCNC(=O)C(N)CC(=O)O)cs1. The average Bonchev–Trinajstić information content (AvgIpc) is 2.63. The summed E-state index contributed by atoms with van der Waals surface area (Å²) in [4.78, 5) is 25.9. The fourth-order valence-corrected chi connectivity index (χ4v) is 1.90. The lowest BCUT2D eigenvalue weighted by atomic mass is 10.2. The van der Waals surface area contributed by atoms with E-state index in [4.69, 9.17) is 10.8 Å². The van der Waals surface area contributed by atoms with E-state index < -0.39 is 17.9 Å². The van der Waals surface area contributed by atoms with Crippen molar-refractivity contribution < 1.29 is 14.7 Å². The summed E-state index contributed by atoms with van der Waals surface area (Å²) in [5.74, 6) is -1.53. The molecular weight excluding hydrogens is 242 g/mol. The van der Waals surface area contributed by atoms with Gasteiger partial charge in [0.05, 0.1) is 23.2 Å². The van der Waals surface area contributed by atoms with Crippen molar-refractivity contribution in [2.45, 2.75) is 25.8 Å². The zero-order chi connectivity index (χ0) is 12.8. The van der Waals surface area contributed by atoms with Crippen molar-refractivity contribution >= 4 is 23.2 Å². The minimum atomic E-state index is -1.08. The van der Waals surface area contributed by atoms with Crippen molar-refractivity contribution in [3.63, 3.8) is 0 Å². The van der Waals surface area contributed by atoms with E-state index in [9.17, 15) is 9.59 Å². The molecule has 1 rings (SSSR count). The number of amides is 1. The lowest BCUT2D eigenvalue weighted by Gasteiger charge is -2.09. The first-order valence-corrected chi connectivity index (χ1v) is 6.03. The summed E-state index contributed by atoms with van der Waals surface area (Å²) in [5, 5.41) is 14.0. The lowest BCUT2D eigenvalue weighted by molar-refractivity contribution is -0.139. The van der Waals surface area contributed by atoms with Crippen molar-refractivity contribution in [3.05, 3.63) is 16.1 Å². The number of carboxylic acids is 1. The summed E-state index contributed by atoms with van der Waals surface area (Å²) in [7, 11) is 0. The van der Waals surface area contributed by atoms with Crippen LogP contribution in [-0.2, 0) is 16.0 Å². The Hall–Kier alpha value is -1.47. The summed E-state index contributed by atoms with van der Waals surface area (Å²) in [5.41, 5.74) is 6.31. The molecule has 0 aliphatic rings. The fraction of sp³-hybridized carbons (Fsp3) is 0.500. The van der Waals surface area contributed by atoms with Gasteiger partial charge in [0.25, 0.3) is 0 Å². The Balaban J connectivity index is 2.26. The molecule has 7 heteroatoms. The maximum absolute atomic E-state index is 11.4. The third-order valence-corrected chi connectivity index (χ3v) is 2.90. The zero-order valence-electron chi connectivity index (χ0n) is 9.47. The Kier molecular flexibility index (Phi) is 5.05. The molecule has 0 radical (unpaired) electrons. The smallest absolute Gasteiger partial charge is 0.305 e. The van der Waals surface area contributed by atoms with E-state index in [1.165, 1.54) is 0 Å². The van der Waals surface area contributed by atoms with Crippen LogP contribution in [0.2, 0.25) is 0 Å². The first-order valence-electron chi connectivity index (χ1n) is 5.15. The number of hydrogen-bond donors (Lipinski definition) is 3. The van der Waals surface area contributed by atoms with E-state index in [-0.39, 0.29) is 6.42 Å². The van der Waals surface area contributed by atoms with Gasteiger partial charge in [0, 0.05) is 18.3 Å². The van der Waals surface area contributed by atoms with Gasteiger partial charge in [-0.2, -0.15) is 0 Å². The molecule has 6 nitrogen and oxygen atoms in total. The molecule has 1 unspecified atom stereocenters. The van der Waals surface area contributed by atoms with Crippen LogP contribution in [0.3, 0.4) is 0 Å². The molecule has 1 amide bonds. The van der Waals surface area contributed by atoms with Crippen molar-refractivity contribution in [1.82, 2.24) is 10.3 Å². The minimum absolute atomic E-state index is 0.359. The highest BCUT2D eigenvalue weighted by molar-refractivity contribution is 7.09. The van der Waals surface area contributed by atoms with E-state index >= 15 is 0 Å². The third-order valence-electron chi connectivity index (χ3n) is 2.08. The monoisotopic (exact) mass is 257 g/mol. The molecule has 0 spiro atoms. The van der Waals surface area contributed by atoms with Gasteiger partial charge in [-0.1, -0.05) is 0 Å². The van der Waals surface area contributed by atoms with Gasteiger partial charge in [-0.05, 0) is 6.92 Å². The Bertz CT molecular complexity index is 405. The molecule has 0 aliphatic heterocycles. The molecule has 0 aromatic carbocycles. The lowest BCUT2D eigenvalue weighted by Crippen LogP contribution is -2.42. The van der Waals surface area contributed by atoms with Crippen molar-refractivity contribution in [2.75, 3.05) is 6.54 Å². The second kappa shape index (κ2) is 6.31. The first-order chi connectivity index (χ1) is 7.99. The molecule has 1 heterocycles. The summed E-state index contributed by atoms with van der Waals surface area (Å²) < 4.78 is 0. The van der Waals surface area contributed by atoms with Crippen LogP contribution in [0.5, 0.6) is 0 Å². The molecule has 0 fully saturated rings. The largest absolute Gasteiger partial charge is 0.481 e. The number of carbonyl (C=O) groups is 2. The second-order valence-corrected chi connectivity index (χ2v) is 4.67. The number of carboxylic acid groups (broad SMARTS) is 1. The van der Waals surface area contributed by atoms with Crippen molar-refractivity contribution in [3.8, 4) is 0 Å². The zero-order valence-corrected chi connectivity index (χ0v) is 10.3. The maximum Gasteiger partial charge on any atom is 0.305 e. The summed E-state index contributed by atoms with van der Waals surface area (Å²) in [6.45, 7) is 2.32. The number of carbonyl (C=O) groups excluding carboxylic acids is 1. The van der Waals surface area contributed by atoms with Gasteiger partial charge >= 0.3 is 5.97 Å². The average molecular weight is 257 g/mol. The van der Waals surface area contributed by atoms with Crippen LogP contribution in [0.4, 0.5) is 0 Å². The maximum atomic E-state index is 11.4. The van der Waals surface area contributed by atoms with Crippen molar-refractivity contribution in [1.29, 1.82) is 0 Å². The summed E-state index contributed by atoms with van der Waals surface area (Å²) in [6.07, 6.45) is 0.261. The minimum Gasteiger partial charge on any atom is -0.481 e. The summed E-state index contributed by atoms with van der Waals surface area (Å²) in [6, 6.07) is -0.996. The molecule has 17 heavy (non-hydrogen) atoms. The fourth-order valence-electron chi connectivity index (χ4n) is 1.25. The molecule has 0 saturated carbocycles. The standard InChI is InChI=1S/C10H15N3O3S/c1-6-13-7(5-17-6)2-3-12-10(16)8(11)4-9(14)15/h5,8H,2-4,11H2,1H3,(H,12,16)(H,14,15). The highest BCUT2D eigenvalue weighted by Gasteiger charge is 2.16. The van der Waals surface area contributed by atoms with Gasteiger partial charge in [-0.25, -0.2) is 4.98 Å². The van der Waals surface area contributed by atoms with Crippen LogP contribution < -0.4 is 11.1 Å². The third kappa shape index (κ3) is 4.92. The normalized spacial score (nSPS) is 12.1. The van der Waals surface area contributed by atoms with Crippen LogP contribution in [0.15, 0.2) is 5.38 Å². The van der Waals surface area contributed by atoms with Gasteiger partial charge in [-0.3, -0.25) is 9.59 Å². The van der Waals surface area contributed by atoms with Gasteiger partial charge in [0.2, 0.25) is 5.91 Å². The molecule has 1 aromatic rings. The second-order valence-electron chi connectivity index (χ2n) is 3.60. The topological polar surface area (TPSA) is 105 Å². The van der Waals surface area contributed by atoms with Crippen LogP contribution in [0.25, 0.3) is 0 Å². The number of nitrogens with two attached hydrogens (primary N) is 1. The molecule has 0 aliphatic carbocycles. The number of thiazole rings is 1. The number of aryl methyl sites for hydroxylation is 1. The number of nitrogens with one attached hydrogen (secondary N) is 1. The van der Waals surface area contributed by atoms with Crippen molar-refractivity contribution in [2.24, 2.45) is 5.73 Å². The number of nitrogens with zero attached hydrogens (tertiary/aromatic N) is 1. The molecule has 0 bridgehead atoms. The highest BCUT2D eigenvalue weighted by Crippen LogP contribution is 2.07. The predicted molar refractivity (Wildman–Crippen MR) is 63.8 cm³/mol. The molecular formula is C10H15N3O3S. The first kappa shape index (κ1) is 13.6. The molecule has 1 atom stereocenters. The van der Waals surface area contributed by atoms with Crippen LogP contribution in [-0.4, -0.2) is 34.6 Å². The Labute approximate surface area is 103 Å². The van der Waals surface area contributed by atoms with Gasteiger partial charge in [-0.15, -0.1) is 11.3 Å². The van der Waals surface area contributed by atoms with Crippen LogP contribution in [0.1, 0.15) is 17.1 Å². The van der Waals surface area contributed by atoms with Crippen LogP contribution >= 0.6 is 11.3 Å². The van der Waals surface area contributed by atoms with E-state index in [0.29, 0.717) is 13.0 Å². The van der Waals surface area contributed by atoms with E-state index in [2.05, 4.69) is 10.3 Å². The molecule has 1 aromatic heterocycles.